The molecule has 0 bridgehead atoms. The maximum Gasteiger partial charge on any atom is 0.303 e. The number of ether oxygens (including phenoxy) is 9. The van der Waals surface area contributed by atoms with Crippen LogP contribution in [-0.4, -0.2) is 136 Å². The lowest BCUT2D eigenvalue weighted by molar-refractivity contribution is -0.138. The number of anilines is 1. The lowest BCUT2D eigenvalue weighted by Gasteiger charge is -2.09. The molecular formula is C29H50N2O12. The topological polar surface area (TPSA) is 175 Å². The molecule has 0 aromatic heterocycles. The molecule has 0 fully saturated rings. The Bertz CT molecular complexity index is 802. The smallest absolute Gasteiger partial charge is 0.303 e. The fourth-order valence-corrected chi connectivity index (χ4v) is 3.17. The summed E-state index contributed by atoms with van der Waals surface area (Å²) in [4.78, 5) is 21.7. The zero-order valence-electron chi connectivity index (χ0n) is 25.2. The predicted molar refractivity (Wildman–Crippen MR) is 157 cm³/mol. The summed E-state index contributed by atoms with van der Waals surface area (Å²) in [6.45, 7) is 8.52. The predicted octanol–water partition coefficient (Wildman–Crippen LogP) is 1.15. The van der Waals surface area contributed by atoms with E-state index >= 15 is 0 Å². The first-order valence-electron chi connectivity index (χ1n) is 14.7. The molecule has 14 nitrogen and oxygen atoms in total. The van der Waals surface area contributed by atoms with E-state index in [0.29, 0.717) is 137 Å². The van der Waals surface area contributed by atoms with Gasteiger partial charge in [0.05, 0.1) is 111 Å². The van der Waals surface area contributed by atoms with Crippen LogP contribution in [-0.2, 0) is 47.5 Å². The summed E-state index contributed by atoms with van der Waals surface area (Å²) in [7, 11) is 0. The summed E-state index contributed by atoms with van der Waals surface area (Å²) in [6.07, 6.45) is 0.479. The number of carbonyl (C=O) groups excluding carboxylic acids is 1. The average Bonchev–Trinajstić information content (AvgIpc) is 3.00. The van der Waals surface area contributed by atoms with Gasteiger partial charge in [0.2, 0.25) is 5.91 Å². The van der Waals surface area contributed by atoms with Crippen LogP contribution in [0.25, 0.3) is 0 Å². The molecule has 0 aliphatic heterocycles. The fourth-order valence-electron chi connectivity index (χ4n) is 3.17. The summed E-state index contributed by atoms with van der Waals surface area (Å²) in [5.74, 6) is -0.589. The number of nitrogen functional groups attached to an aromatic ring is 1. The molecule has 1 aromatic carbocycles. The molecule has 0 saturated carbocycles. The van der Waals surface area contributed by atoms with Crippen LogP contribution in [0.15, 0.2) is 24.3 Å². The van der Waals surface area contributed by atoms with Crippen LogP contribution in [0.1, 0.15) is 19.3 Å². The van der Waals surface area contributed by atoms with Gasteiger partial charge < -0.3 is 58.8 Å². The molecular weight excluding hydrogens is 568 g/mol. The number of carbonyl (C=O) groups is 2. The molecule has 14 heteroatoms. The van der Waals surface area contributed by atoms with Crippen molar-refractivity contribution in [2.24, 2.45) is 0 Å². The molecule has 248 valence electrons. The van der Waals surface area contributed by atoms with Crippen molar-refractivity contribution in [2.75, 3.05) is 125 Å². The Labute approximate surface area is 254 Å². The Kier molecular flexibility index (Phi) is 26.4. The Balaban J connectivity index is 1.66. The maximum absolute atomic E-state index is 11.3. The van der Waals surface area contributed by atoms with Crippen molar-refractivity contribution in [2.45, 2.75) is 19.3 Å². The van der Waals surface area contributed by atoms with Crippen molar-refractivity contribution in [1.82, 2.24) is 5.32 Å². The Morgan fingerprint density at radius 1 is 0.581 bits per heavy atom. The summed E-state index contributed by atoms with van der Waals surface area (Å²) in [6, 6.07) is 7.35. The van der Waals surface area contributed by atoms with Gasteiger partial charge in [0.25, 0.3) is 0 Å². The number of rotatable bonds is 32. The molecule has 0 radical (unpaired) electrons. The van der Waals surface area contributed by atoms with E-state index in [1.165, 1.54) is 0 Å². The normalized spacial score (nSPS) is 11.1. The van der Waals surface area contributed by atoms with E-state index in [-0.39, 0.29) is 18.7 Å². The minimum Gasteiger partial charge on any atom is -0.489 e. The largest absolute Gasteiger partial charge is 0.489 e. The number of para-hydroxylation sites is 2. The van der Waals surface area contributed by atoms with E-state index in [1.807, 2.05) is 18.2 Å². The van der Waals surface area contributed by atoms with Gasteiger partial charge >= 0.3 is 5.97 Å². The van der Waals surface area contributed by atoms with E-state index in [2.05, 4.69) is 5.32 Å². The second-order valence-corrected chi connectivity index (χ2v) is 8.88. The number of aliphatic carboxylic acids is 1. The molecule has 0 aliphatic rings. The third-order valence-electron chi connectivity index (χ3n) is 5.36. The molecule has 1 amide bonds. The van der Waals surface area contributed by atoms with Crippen LogP contribution in [0.3, 0.4) is 0 Å². The second kappa shape index (κ2) is 29.5. The van der Waals surface area contributed by atoms with Gasteiger partial charge in [-0.05, 0) is 18.6 Å². The van der Waals surface area contributed by atoms with E-state index in [4.69, 9.17) is 53.5 Å². The van der Waals surface area contributed by atoms with Gasteiger partial charge in [-0.2, -0.15) is 0 Å². The minimum atomic E-state index is -0.983. The van der Waals surface area contributed by atoms with Crippen molar-refractivity contribution in [3.8, 4) is 5.75 Å². The molecule has 4 N–H and O–H groups in total. The highest BCUT2D eigenvalue weighted by Crippen LogP contribution is 2.19. The number of nitrogens with one attached hydrogen (secondary N) is 1. The highest BCUT2D eigenvalue weighted by molar-refractivity contribution is 5.80. The first kappa shape index (κ1) is 38.5. The third-order valence-corrected chi connectivity index (χ3v) is 5.36. The molecule has 0 aliphatic carbocycles. The van der Waals surface area contributed by atoms with Crippen LogP contribution in [0, 0.1) is 0 Å². The maximum atomic E-state index is 11.3. The number of nitrogens with two attached hydrogens (primary N) is 1. The van der Waals surface area contributed by atoms with Gasteiger partial charge in [-0.25, -0.2) is 0 Å². The first-order chi connectivity index (χ1) is 21.1. The molecule has 1 aromatic rings. The Morgan fingerprint density at radius 2 is 0.977 bits per heavy atom. The van der Waals surface area contributed by atoms with E-state index in [1.54, 1.807) is 6.07 Å². The average molecular weight is 619 g/mol. The molecule has 0 atom stereocenters. The zero-order chi connectivity index (χ0) is 31.1. The van der Waals surface area contributed by atoms with Crippen LogP contribution in [0.4, 0.5) is 5.69 Å². The van der Waals surface area contributed by atoms with Crippen molar-refractivity contribution in [3.05, 3.63) is 24.3 Å². The van der Waals surface area contributed by atoms with Gasteiger partial charge in [-0.3, -0.25) is 9.59 Å². The lowest BCUT2D eigenvalue weighted by Crippen LogP contribution is -2.25. The molecule has 0 unspecified atom stereocenters. The zero-order valence-corrected chi connectivity index (χ0v) is 25.2. The Morgan fingerprint density at radius 3 is 1.40 bits per heavy atom. The van der Waals surface area contributed by atoms with Crippen LogP contribution >= 0.6 is 0 Å². The number of amides is 1. The van der Waals surface area contributed by atoms with E-state index in [0.717, 1.165) is 0 Å². The highest BCUT2D eigenvalue weighted by Gasteiger charge is 2.04. The monoisotopic (exact) mass is 618 g/mol. The molecule has 43 heavy (non-hydrogen) atoms. The van der Waals surface area contributed by atoms with Crippen molar-refractivity contribution in [3.63, 3.8) is 0 Å². The van der Waals surface area contributed by atoms with Gasteiger partial charge in [-0.15, -0.1) is 0 Å². The van der Waals surface area contributed by atoms with Gasteiger partial charge in [0, 0.05) is 19.6 Å². The number of hydrogen-bond acceptors (Lipinski definition) is 12. The first-order valence-corrected chi connectivity index (χ1v) is 14.7. The molecule has 0 saturated heterocycles. The lowest BCUT2D eigenvalue weighted by atomic mass is 10.3. The van der Waals surface area contributed by atoms with E-state index < -0.39 is 5.97 Å². The number of carboxylic acid groups (broad SMARTS) is 1. The van der Waals surface area contributed by atoms with Crippen LogP contribution in [0.5, 0.6) is 5.75 Å². The quantitative estimate of drug-likeness (QED) is 0.0775. The Hall–Kier alpha value is -2.56. The van der Waals surface area contributed by atoms with Gasteiger partial charge in [0.1, 0.15) is 12.4 Å². The molecule has 0 spiro atoms. The second-order valence-electron chi connectivity index (χ2n) is 8.88. The summed E-state index contributed by atoms with van der Waals surface area (Å²) in [5, 5.41) is 11.2. The van der Waals surface area contributed by atoms with Crippen LogP contribution in [0.2, 0.25) is 0 Å². The molecule has 1 rings (SSSR count). The number of benzene rings is 1. The van der Waals surface area contributed by atoms with Crippen LogP contribution < -0.4 is 15.8 Å². The van der Waals surface area contributed by atoms with Gasteiger partial charge in [0.15, 0.2) is 0 Å². The van der Waals surface area contributed by atoms with Gasteiger partial charge in [-0.1, -0.05) is 12.1 Å². The molecule has 0 heterocycles. The van der Waals surface area contributed by atoms with Crippen molar-refractivity contribution < 1.29 is 57.3 Å². The SMILES string of the molecule is Nc1ccccc1OCCOCCOCCOCCOCCOCCOCCOCCOCCCNC(=O)CCC(=O)O. The minimum absolute atomic E-state index is 0.00959. The fraction of sp³-hybridized carbons (Fsp3) is 0.724. The standard InChI is InChI=1S/C29H50N2O12/c30-26-4-1-2-5-27(26)43-25-24-42-23-22-41-21-20-40-19-18-39-17-16-38-15-14-37-13-12-36-11-10-35-9-3-8-31-28(32)6-7-29(33)34/h1-2,4-5H,3,6-25,30H2,(H,31,32)(H,33,34). The number of carboxylic acids is 1. The highest BCUT2D eigenvalue weighted by atomic mass is 16.6. The van der Waals surface area contributed by atoms with E-state index in [9.17, 15) is 9.59 Å². The third kappa shape index (κ3) is 26.8. The summed E-state index contributed by atoms with van der Waals surface area (Å²) < 4.78 is 49.1. The van der Waals surface area contributed by atoms with Crippen molar-refractivity contribution in [1.29, 1.82) is 0 Å². The summed E-state index contributed by atoms with van der Waals surface area (Å²) >= 11 is 0. The van der Waals surface area contributed by atoms with Crippen molar-refractivity contribution >= 4 is 17.6 Å². The summed E-state index contributed by atoms with van der Waals surface area (Å²) in [5.41, 5.74) is 6.42. The number of hydrogen-bond donors (Lipinski definition) is 3.